The van der Waals surface area contributed by atoms with Crippen LogP contribution in [0, 0.1) is 17.1 Å². The molecule has 150 valence electrons. The molecule has 0 saturated carbocycles. The number of nitrogens with zero attached hydrogens (tertiary/aromatic N) is 3. The second-order valence-electron chi connectivity index (χ2n) is 6.34. The van der Waals surface area contributed by atoms with E-state index in [1.807, 2.05) is 6.07 Å². The maximum absolute atomic E-state index is 13.2. The van der Waals surface area contributed by atoms with Gasteiger partial charge in [-0.15, -0.1) is 0 Å². The maximum Gasteiger partial charge on any atom is 0.246 e. The van der Waals surface area contributed by atoms with Crippen molar-refractivity contribution in [3.63, 3.8) is 0 Å². The maximum atomic E-state index is 13.2. The standard InChI is InChI=1S/C20H17ClFN3O3S/c21-17-13-15(5-7-18(17)22)6-8-20(26)24-9-11-25(12-10-24)29(27,28)19-4-2-1-3-16(19)14-23/h1-8,13H,9-12H2/b8-6+. The number of hydrogen-bond donors (Lipinski definition) is 0. The van der Waals surface area contributed by atoms with Gasteiger partial charge in [-0.3, -0.25) is 4.79 Å². The lowest BCUT2D eigenvalue weighted by molar-refractivity contribution is -0.127. The summed E-state index contributed by atoms with van der Waals surface area (Å²) >= 11 is 5.72. The summed E-state index contributed by atoms with van der Waals surface area (Å²) in [6.07, 6.45) is 2.87. The van der Waals surface area contributed by atoms with Gasteiger partial charge in [0.25, 0.3) is 0 Å². The summed E-state index contributed by atoms with van der Waals surface area (Å²) in [5.41, 5.74) is 0.672. The molecule has 29 heavy (non-hydrogen) atoms. The van der Waals surface area contributed by atoms with Crippen LogP contribution in [-0.4, -0.2) is 49.7 Å². The normalized spacial score (nSPS) is 15.4. The summed E-state index contributed by atoms with van der Waals surface area (Å²) in [6, 6.07) is 12.1. The van der Waals surface area contributed by atoms with Crippen molar-refractivity contribution in [3.05, 3.63) is 70.5 Å². The van der Waals surface area contributed by atoms with Crippen LogP contribution in [0.15, 0.2) is 53.4 Å². The zero-order chi connectivity index (χ0) is 21.0. The second kappa shape index (κ2) is 8.74. The lowest BCUT2D eigenvalue weighted by Gasteiger charge is -2.33. The number of hydrogen-bond acceptors (Lipinski definition) is 4. The molecule has 1 fully saturated rings. The van der Waals surface area contributed by atoms with Gasteiger partial charge in [0.15, 0.2) is 0 Å². The zero-order valence-corrected chi connectivity index (χ0v) is 16.8. The third-order valence-corrected chi connectivity index (χ3v) is 6.78. The largest absolute Gasteiger partial charge is 0.337 e. The zero-order valence-electron chi connectivity index (χ0n) is 15.3. The van der Waals surface area contributed by atoms with Crippen molar-refractivity contribution in [2.45, 2.75) is 4.90 Å². The fourth-order valence-corrected chi connectivity index (χ4v) is 4.71. The van der Waals surface area contributed by atoms with E-state index < -0.39 is 15.8 Å². The summed E-state index contributed by atoms with van der Waals surface area (Å²) in [4.78, 5) is 13.9. The van der Waals surface area contributed by atoms with Crippen molar-refractivity contribution in [3.8, 4) is 6.07 Å². The van der Waals surface area contributed by atoms with Gasteiger partial charge in [0.1, 0.15) is 11.9 Å². The lowest BCUT2D eigenvalue weighted by atomic mass is 10.2. The molecular formula is C20H17ClFN3O3S. The van der Waals surface area contributed by atoms with Crippen molar-refractivity contribution in [2.24, 2.45) is 0 Å². The molecule has 1 amide bonds. The predicted molar refractivity (Wildman–Crippen MR) is 107 cm³/mol. The molecule has 0 N–H and O–H groups in total. The van der Waals surface area contributed by atoms with Crippen LogP contribution in [-0.2, 0) is 14.8 Å². The fraction of sp³-hybridized carbons (Fsp3) is 0.200. The van der Waals surface area contributed by atoms with Gasteiger partial charge in [0, 0.05) is 32.3 Å². The van der Waals surface area contributed by atoms with Crippen molar-refractivity contribution in [2.75, 3.05) is 26.2 Å². The number of carbonyl (C=O) groups is 1. The number of halogens is 2. The molecule has 1 heterocycles. The van der Waals surface area contributed by atoms with Gasteiger partial charge in [-0.25, -0.2) is 12.8 Å². The molecule has 9 heteroatoms. The first-order valence-corrected chi connectivity index (χ1v) is 10.6. The molecule has 2 aromatic rings. The van der Waals surface area contributed by atoms with E-state index in [9.17, 15) is 17.6 Å². The van der Waals surface area contributed by atoms with Crippen LogP contribution in [0.3, 0.4) is 0 Å². The predicted octanol–water partition coefficient (Wildman–Crippen LogP) is 2.90. The molecule has 1 aliphatic rings. The molecule has 0 bridgehead atoms. The van der Waals surface area contributed by atoms with E-state index in [0.29, 0.717) is 5.56 Å². The number of benzene rings is 2. The van der Waals surface area contributed by atoms with E-state index in [2.05, 4.69) is 0 Å². The van der Waals surface area contributed by atoms with Crippen molar-refractivity contribution >= 4 is 33.6 Å². The third kappa shape index (κ3) is 4.65. The van der Waals surface area contributed by atoms with Crippen LogP contribution in [0.2, 0.25) is 5.02 Å². The first-order chi connectivity index (χ1) is 13.8. The summed E-state index contributed by atoms with van der Waals surface area (Å²) in [6.45, 7) is 0.705. The van der Waals surface area contributed by atoms with Crippen LogP contribution in [0.25, 0.3) is 6.08 Å². The first kappa shape index (κ1) is 21.0. The van der Waals surface area contributed by atoms with Crippen LogP contribution < -0.4 is 0 Å². The van der Waals surface area contributed by atoms with Crippen LogP contribution in [0.1, 0.15) is 11.1 Å². The Bertz CT molecular complexity index is 1100. The minimum atomic E-state index is -3.81. The molecule has 0 radical (unpaired) electrons. The summed E-state index contributed by atoms with van der Waals surface area (Å²) in [7, 11) is -3.81. The van der Waals surface area contributed by atoms with Gasteiger partial charge in [-0.2, -0.15) is 9.57 Å². The number of rotatable bonds is 4. The van der Waals surface area contributed by atoms with E-state index in [-0.39, 0.29) is 47.6 Å². The number of amides is 1. The van der Waals surface area contributed by atoms with Gasteiger partial charge < -0.3 is 4.90 Å². The van der Waals surface area contributed by atoms with E-state index >= 15 is 0 Å². The monoisotopic (exact) mass is 433 g/mol. The highest BCUT2D eigenvalue weighted by atomic mass is 35.5. The van der Waals surface area contributed by atoms with E-state index in [1.165, 1.54) is 51.7 Å². The Kier molecular flexibility index (Phi) is 6.33. The van der Waals surface area contributed by atoms with Gasteiger partial charge in [-0.1, -0.05) is 29.8 Å². The SMILES string of the molecule is N#Cc1ccccc1S(=O)(=O)N1CCN(C(=O)/C=C/c2ccc(F)c(Cl)c2)CC1. The molecule has 0 atom stereocenters. The summed E-state index contributed by atoms with van der Waals surface area (Å²) < 4.78 is 40.1. The Morgan fingerprint density at radius 2 is 1.83 bits per heavy atom. The molecule has 6 nitrogen and oxygen atoms in total. The van der Waals surface area contributed by atoms with E-state index in [1.54, 1.807) is 12.1 Å². The molecule has 1 saturated heterocycles. The highest BCUT2D eigenvalue weighted by molar-refractivity contribution is 7.89. The Balaban J connectivity index is 1.65. The second-order valence-corrected chi connectivity index (χ2v) is 8.66. The molecule has 0 aliphatic carbocycles. The molecular weight excluding hydrogens is 417 g/mol. The van der Waals surface area contributed by atoms with Crippen molar-refractivity contribution < 1.29 is 17.6 Å². The Morgan fingerprint density at radius 3 is 2.48 bits per heavy atom. The van der Waals surface area contributed by atoms with Gasteiger partial charge in [0.2, 0.25) is 15.9 Å². The summed E-state index contributed by atoms with van der Waals surface area (Å²) in [5, 5.41) is 9.13. The quantitative estimate of drug-likeness (QED) is 0.694. The topological polar surface area (TPSA) is 81.5 Å². The highest BCUT2D eigenvalue weighted by Crippen LogP contribution is 2.21. The van der Waals surface area contributed by atoms with Crippen LogP contribution >= 0.6 is 11.6 Å². The van der Waals surface area contributed by atoms with Gasteiger partial charge in [0.05, 0.1) is 15.5 Å². The van der Waals surface area contributed by atoms with Crippen LogP contribution in [0.5, 0.6) is 0 Å². The number of sulfonamides is 1. The average molecular weight is 434 g/mol. The Labute approximate surface area is 173 Å². The van der Waals surface area contributed by atoms with E-state index in [4.69, 9.17) is 16.9 Å². The number of piperazine rings is 1. The number of nitriles is 1. The molecule has 0 unspecified atom stereocenters. The van der Waals surface area contributed by atoms with E-state index in [0.717, 1.165) is 0 Å². The minimum Gasteiger partial charge on any atom is -0.337 e. The smallest absolute Gasteiger partial charge is 0.246 e. The summed E-state index contributed by atoms with van der Waals surface area (Å²) in [5.74, 6) is -0.814. The van der Waals surface area contributed by atoms with Crippen LogP contribution in [0.4, 0.5) is 4.39 Å². The third-order valence-electron chi connectivity index (χ3n) is 4.54. The molecule has 1 aliphatic heterocycles. The first-order valence-electron chi connectivity index (χ1n) is 8.74. The lowest BCUT2D eigenvalue weighted by Crippen LogP contribution is -2.50. The number of carbonyl (C=O) groups excluding carboxylic acids is 1. The van der Waals surface area contributed by atoms with Gasteiger partial charge in [-0.05, 0) is 35.9 Å². The molecule has 0 spiro atoms. The fourth-order valence-electron chi connectivity index (χ4n) is 2.96. The van der Waals surface area contributed by atoms with Gasteiger partial charge >= 0.3 is 0 Å². The molecule has 3 rings (SSSR count). The average Bonchev–Trinajstić information content (AvgIpc) is 2.74. The van der Waals surface area contributed by atoms with Crippen molar-refractivity contribution in [1.29, 1.82) is 5.26 Å². The molecule has 0 aromatic heterocycles. The Morgan fingerprint density at radius 1 is 1.14 bits per heavy atom. The van der Waals surface area contributed by atoms with Crippen molar-refractivity contribution in [1.82, 2.24) is 9.21 Å². The Hall–Kier alpha value is -2.73. The highest BCUT2D eigenvalue weighted by Gasteiger charge is 2.31. The minimum absolute atomic E-state index is 0.0314. The molecule has 2 aromatic carbocycles.